The van der Waals surface area contributed by atoms with E-state index in [0.29, 0.717) is 41.7 Å². The maximum Gasteiger partial charge on any atom is 0.316 e. The summed E-state index contributed by atoms with van der Waals surface area (Å²) in [6.07, 6.45) is 0. The molecule has 1 heterocycles. The first kappa shape index (κ1) is 16.9. The van der Waals surface area contributed by atoms with Gasteiger partial charge in [-0.1, -0.05) is 6.07 Å². The third kappa shape index (κ3) is 3.77. The van der Waals surface area contributed by atoms with Crippen molar-refractivity contribution in [2.75, 3.05) is 23.3 Å². The first-order chi connectivity index (χ1) is 11.8. The van der Waals surface area contributed by atoms with Crippen LogP contribution in [0.15, 0.2) is 41.3 Å². The van der Waals surface area contributed by atoms with Crippen molar-refractivity contribution in [2.24, 2.45) is 5.73 Å². The molecule has 0 bridgehead atoms. The Kier molecular flexibility index (Phi) is 4.41. The number of carbonyl (C=O) groups excluding carboxylic acids is 1. The molecule has 1 aliphatic heterocycles. The lowest BCUT2D eigenvalue weighted by atomic mass is 10.2. The van der Waals surface area contributed by atoms with Crippen LogP contribution in [0.1, 0.15) is 5.56 Å². The predicted molar refractivity (Wildman–Crippen MR) is 92.6 cm³/mol. The Labute approximate surface area is 145 Å². The maximum atomic E-state index is 12.7. The van der Waals surface area contributed by atoms with Gasteiger partial charge in [0.25, 0.3) is 10.0 Å². The van der Waals surface area contributed by atoms with Gasteiger partial charge in [0, 0.05) is 11.8 Å². The number of ether oxygens (including phenoxy) is 2. The van der Waals surface area contributed by atoms with Crippen LogP contribution < -0.4 is 25.2 Å². The first-order valence-corrected chi connectivity index (χ1v) is 8.93. The standard InChI is InChI=1S/C16H17N3O5S/c1-10-2-3-11(18-16(17)20)9-15(10)25(21,22)19-12-4-5-13-14(8-12)24-7-6-23-13/h2-5,8-9,19H,6-7H2,1H3,(H3,17,18,20). The number of amides is 2. The van der Waals surface area contributed by atoms with E-state index in [1.54, 1.807) is 37.3 Å². The lowest BCUT2D eigenvalue weighted by Gasteiger charge is -2.19. The lowest BCUT2D eigenvalue weighted by molar-refractivity contribution is 0.171. The van der Waals surface area contributed by atoms with Gasteiger partial charge in [-0.2, -0.15) is 0 Å². The molecule has 2 amide bonds. The number of aryl methyl sites for hydroxylation is 1. The van der Waals surface area contributed by atoms with E-state index in [-0.39, 0.29) is 4.90 Å². The van der Waals surface area contributed by atoms with Crippen molar-refractivity contribution in [1.82, 2.24) is 0 Å². The second-order valence-corrected chi connectivity index (χ2v) is 7.08. The fourth-order valence-corrected chi connectivity index (χ4v) is 3.75. The summed E-state index contributed by atoms with van der Waals surface area (Å²) in [5, 5.41) is 2.36. The fraction of sp³-hybridized carbons (Fsp3) is 0.188. The SMILES string of the molecule is Cc1ccc(NC(N)=O)cc1S(=O)(=O)Nc1ccc2c(c1)OCCO2. The van der Waals surface area contributed by atoms with Crippen molar-refractivity contribution in [2.45, 2.75) is 11.8 Å². The van der Waals surface area contributed by atoms with Gasteiger partial charge >= 0.3 is 6.03 Å². The summed E-state index contributed by atoms with van der Waals surface area (Å²) in [7, 11) is -3.87. The number of benzene rings is 2. The number of hydrogen-bond acceptors (Lipinski definition) is 5. The molecule has 9 heteroatoms. The van der Waals surface area contributed by atoms with Gasteiger partial charge in [-0.05, 0) is 36.8 Å². The van der Waals surface area contributed by atoms with Crippen molar-refractivity contribution in [1.29, 1.82) is 0 Å². The fourth-order valence-electron chi connectivity index (χ4n) is 2.43. The number of carbonyl (C=O) groups is 1. The molecule has 2 aromatic carbocycles. The van der Waals surface area contributed by atoms with Crippen LogP contribution in [0.2, 0.25) is 0 Å². The normalized spacial score (nSPS) is 13.2. The molecule has 8 nitrogen and oxygen atoms in total. The monoisotopic (exact) mass is 363 g/mol. The Morgan fingerprint density at radius 2 is 1.72 bits per heavy atom. The summed E-state index contributed by atoms with van der Waals surface area (Å²) in [6.45, 7) is 2.52. The molecule has 0 atom stereocenters. The second kappa shape index (κ2) is 6.52. The van der Waals surface area contributed by atoms with Crippen molar-refractivity contribution in [3.63, 3.8) is 0 Å². The summed E-state index contributed by atoms with van der Waals surface area (Å²) in [4.78, 5) is 11.0. The molecule has 1 aliphatic rings. The van der Waals surface area contributed by atoms with Crippen LogP contribution in [-0.2, 0) is 10.0 Å². The van der Waals surface area contributed by atoms with Crippen LogP contribution in [-0.4, -0.2) is 27.7 Å². The number of sulfonamides is 1. The zero-order chi connectivity index (χ0) is 18.0. The average molecular weight is 363 g/mol. The maximum absolute atomic E-state index is 12.7. The minimum atomic E-state index is -3.87. The molecule has 2 aromatic rings. The third-order valence-electron chi connectivity index (χ3n) is 3.54. The Balaban J connectivity index is 1.90. The minimum absolute atomic E-state index is 0.0358. The van der Waals surface area contributed by atoms with E-state index in [1.807, 2.05) is 0 Å². The molecule has 0 aromatic heterocycles. The molecule has 0 spiro atoms. The third-order valence-corrected chi connectivity index (χ3v) is 5.06. The highest BCUT2D eigenvalue weighted by atomic mass is 32.2. The van der Waals surface area contributed by atoms with E-state index in [1.165, 1.54) is 6.07 Å². The van der Waals surface area contributed by atoms with E-state index in [0.717, 1.165) is 0 Å². The van der Waals surface area contributed by atoms with E-state index in [9.17, 15) is 13.2 Å². The van der Waals surface area contributed by atoms with Crippen LogP contribution in [0.5, 0.6) is 11.5 Å². The quantitative estimate of drug-likeness (QED) is 0.768. The molecule has 0 saturated heterocycles. The van der Waals surface area contributed by atoms with Gasteiger partial charge in [-0.15, -0.1) is 0 Å². The zero-order valence-electron chi connectivity index (χ0n) is 13.4. The molecular weight excluding hydrogens is 346 g/mol. The summed E-state index contributed by atoms with van der Waals surface area (Å²) in [6, 6.07) is 8.53. The van der Waals surface area contributed by atoms with Gasteiger partial charge in [0.1, 0.15) is 13.2 Å². The highest BCUT2D eigenvalue weighted by Crippen LogP contribution is 2.33. The van der Waals surface area contributed by atoms with Gasteiger partial charge in [-0.25, -0.2) is 13.2 Å². The van der Waals surface area contributed by atoms with E-state index >= 15 is 0 Å². The molecule has 132 valence electrons. The summed E-state index contributed by atoms with van der Waals surface area (Å²) in [5.74, 6) is 1.05. The van der Waals surface area contributed by atoms with Crippen LogP contribution in [0.3, 0.4) is 0 Å². The Morgan fingerprint density at radius 1 is 1.04 bits per heavy atom. The molecule has 0 fully saturated rings. The van der Waals surface area contributed by atoms with Gasteiger partial charge in [0.15, 0.2) is 11.5 Å². The lowest BCUT2D eigenvalue weighted by Crippen LogP contribution is -2.20. The van der Waals surface area contributed by atoms with Gasteiger partial charge < -0.3 is 20.5 Å². The Bertz CT molecular complexity index is 927. The van der Waals surface area contributed by atoms with Crippen LogP contribution in [0.25, 0.3) is 0 Å². The number of fused-ring (bicyclic) bond motifs is 1. The number of anilines is 2. The largest absolute Gasteiger partial charge is 0.486 e. The topological polar surface area (TPSA) is 120 Å². The first-order valence-electron chi connectivity index (χ1n) is 7.45. The van der Waals surface area contributed by atoms with E-state index in [4.69, 9.17) is 15.2 Å². The number of primary amides is 1. The number of hydrogen-bond donors (Lipinski definition) is 3. The number of nitrogens with two attached hydrogens (primary N) is 1. The van der Waals surface area contributed by atoms with Crippen molar-refractivity contribution >= 4 is 27.4 Å². The summed E-state index contributed by atoms with van der Waals surface area (Å²) in [5.41, 5.74) is 6.23. The van der Waals surface area contributed by atoms with Crippen molar-refractivity contribution in [3.05, 3.63) is 42.0 Å². The number of urea groups is 1. The predicted octanol–water partition coefficient (Wildman–Crippen LogP) is 2.06. The van der Waals surface area contributed by atoms with Gasteiger partial charge in [-0.3, -0.25) is 4.72 Å². The van der Waals surface area contributed by atoms with Crippen LogP contribution >= 0.6 is 0 Å². The highest BCUT2D eigenvalue weighted by molar-refractivity contribution is 7.92. The van der Waals surface area contributed by atoms with Gasteiger partial charge in [0.05, 0.1) is 10.6 Å². The molecular formula is C16H17N3O5S. The average Bonchev–Trinajstić information content (AvgIpc) is 2.55. The van der Waals surface area contributed by atoms with E-state index < -0.39 is 16.1 Å². The zero-order valence-corrected chi connectivity index (χ0v) is 14.2. The van der Waals surface area contributed by atoms with Gasteiger partial charge in [0.2, 0.25) is 0 Å². The Hall–Kier alpha value is -2.94. The molecule has 4 N–H and O–H groups in total. The smallest absolute Gasteiger partial charge is 0.316 e. The summed E-state index contributed by atoms with van der Waals surface area (Å²) < 4.78 is 38.8. The molecule has 3 rings (SSSR count). The number of nitrogens with one attached hydrogen (secondary N) is 2. The summed E-state index contributed by atoms with van der Waals surface area (Å²) >= 11 is 0. The molecule has 25 heavy (non-hydrogen) atoms. The molecule has 0 radical (unpaired) electrons. The van der Waals surface area contributed by atoms with Crippen LogP contribution in [0.4, 0.5) is 16.2 Å². The Morgan fingerprint density at radius 3 is 2.44 bits per heavy atom. The highest BCUT2D eigenvalue weighted by Gasteiger charge is 2.20. The minimum Gasteiger partial charge on any atom is -0.486 e. The molecule has 0 unspecified atom stereocenters. The van der Waals surface area contributed by atoms with E-state index in [2.05, 4.69) is 10.0 Å². The van der Waals surface area contributed by atoms with Crippen molar-refractivity contribution in [3.8, 4) is 11.5 Å². The molecule has 0 saturated carbocycles. The number of rotatable bonds is 4. The second-order valence-electron chi connectivity index (χ2n) is 5.43. The van der Waals surface area contributed by atoms with Crippen molar-refractivity contribution < 1.29 is 22.7 Å². The van der Waals surface area contributed by atoms with Crippen LogP contribution in [0, 0.1) is 6.92 Å². The molecule has 0 aliphatic carbocycles.